The van der Waals surface area contributed by atoms with Gasteiger partial charge in [0, 0.05) is 0 Å². The highest BCUT2D eigenvalue weighted by molar-refractivity contribution is 7.80. The third-order valence-corrected chi connectivity index (χ3v) is 2.41. The van der Waals surface area contributed by atoms with Crippen LogP contribution in [0, 0.1) is 0 Å². The van der Waals surface area contributed by atoms with E-state index in [0.29, 0.717) is 6.42 Å². The molecular weight excluding hydrogens is 251 g/mol. The van der Waals surface area contributed by atoms with Gasteiger partial charge >= 0.3 is 6.18 Å². The highest BCUT2D eigenvalue weighted by Gasteiger charge is 2.34. The third-order valence-electron chi connectivity index (χ3n) is 2.15. The van der Waals surface area contributed by atoms with E-state index in [2.05, 4.69) is 0 Å². The van der Waals surface area contributed by atoms with E-state index in [9.17, 15) is 13.2 Å². The van der Waals surface area contributed by atoms with Gasteiger partial charge in [0.1, 0.15) is 16.8 Å². The van der Waals surface area contributed by atoms with Crippen LogP contribution in [-0.2, 0) is 6.18 Å². The van der Waals surface area contributed by atoms with E-state index < -0.39 is 17.8 Å². The molecule has 0 aliphatic rings. The van der Waals surface area contributed by atoms with Gasteiger partial charge < -0.3 is 10.5 Å². The molecule has 6 heteroatoms. The molecule has 2 N–H and O–H groups in total. The van der Waals surface area contributed by atoms with E-state index >= 15 is 0 Å². The Balaban J connectivity index is 3.02. The summed E-state index contributed by atoms with van der Waals surface area (Å²) in [6, 6.07) is 4.99. The molecule has 94 valence electrons. The average Bonchev–Trinajstić information content (AvgIpc) is 2.24. The first kappa shape index (κ1) is 13.8. The van der Waals surface area contributed by atoms with E-state index in [4.69, 9.17) is 22.7 Å². The minimum Gasteiger partial charge on any atom is -0.483 e. The van der Waals surface area contributed by atoms with Crippen molar-refractivity contribution in [3.05, 3.63) is 29.8 Å². The fourth-order valence-corrected chi connectivity index (χ4v) is 1.51. The summed E-state index contributed by atoms with van der Waals surface area (Å²) in [5, 5.41) is 0. The number of alkyl halides is 3. The summed E-state index contributed by atoms with van der Waals surface area (Å²) in [5.41, 5.74) is 4.56. The molecule has 1 aromatic rings. The van der Waals surface area contributed by atoms with E-state index in [1.54, 1.807) is 6.92 Å². The molecular formula is C11H12F3NOS. The molecule has 1 aromatic carbocycles. The molecule has 0 heterocycles. The molecule has 2 nitrogen and oxygen atoms in total. The second-order valence-corrected chi connectivity index (χ2v) is 3.88. The van der Waals surface area contributed by atoms with Gasteiger partial charge in [-0.25, -0.2) is 0 Å². The van der Waals surface area contributed by atoms with Gasteiger partial charge in [-0.15, -0.1) is 0 Å². The molecule has 0 saturated carbocycles. The summed E-state index contributed by atoms with van der Waals surface area (Å²) in [4.78, 5) is 0.0458. The molecule has 0 aliphatic heterocycles. The summed E-state index contributed by atoms with van der Waals surface area (Å²) in [5.74, 6) is -0.250. The van der Waals surface area contributed by atoms with Gasteiger partial charge in [-0.1, -0.05) is 31.3 Å². The van der Waals surface area contributed by atoms with Gasteiger partial charge in [0.05, 0.1) is 5.56 Å². The van der Waals surface area contributed by atoms with Gasteiger partial charge in [-0.2, -0.15) is 13.2 Å². The lowest BCUT2D eigenvalue weighted by atomic mass is 10.2. The van der Waals surface area contributed by atoms with Crippen molar-refractivity contribution in [2.45, 2.75) is 25.6 Å². The topological polar surface area (TPSA) is 35.2 Å². The normalized spacial score (nSPS) is 13.2. The summed E-state index contributed by atoms with van der Waals surface area (Å²) in [6.07, 6.45) is -4.72. The largest absolute Gasteiger partial charge is 0.483 e. The fourth-order valence-electron chi connectivity index (χ4n) is 1.30. The van der Waals surface area contributed by atoms with Crippen molar-refractivity contribution in [2.24, 2.45) is 5.73 Å². The van der Waals surface area contributed by atoms with E-state index in [-0.39, 0.29) is 10.7 Å². The summed E-state index contributed by atoms with van der Waals surface area (Å²) >= 11 is 4.72. The Kier molecular flexibility index (Phi) is 4.34. The first-order chi connectivity index (χ1) is 7.86. The average molecular weight is 263 g/mol. The molecule has 0 spiro atoms. The van der Waals surface area contributed by atoms with Crippen molar-refractivity contribution in [1.82, 2.24) is 0 Å². The monoisotopic (exact) mass is 263 g/mol. The molecule has 0 aliphatic carbocycles. The Morgan fingerprint density at radius 3 is 2.47 bits per heavy atom. The minimum atomic E-state index is -4.45. The highest BCUT2D eigenvalue weighted by atomic mass is 32.1. The van der Waals surface area contributed by atoms with Gasteiger partial charge in [0.15, 0.2) is 0 Å². The van der Waals surface area contributed by atoms with Gasteiger partial charge in [0.2, 0.25) is 0 Å². The van der Waals surface area contributed by atoms with Crippen molar-refractivity contribution in [1.29, 1.82) is 0 Å². The number of rotatable bonds is 4. The molecule has 1 rings (SSSR count). The molecule has 1 atom stereocenters. The van der Waals surface area contributed by atoms with Crippen LogP contribution >= 0.6 is 12.2 Å². The Hall–Kier alpha value is -1.30. The van der Waals surface area contributed by atoms with E-state index in [0.717, 1.165) is 6.07 Å². The lowest BCUT2D eigenvalue weighted by molar-refractivity contribution is -0.139. The number of hydrogen-bond acceptors (Lipinski definition) is 2. The lowest BCUT2D eigenvalue weighted by Crippen LogP contribution is -2.32. The van der Waals surface area contributed by atoms with Crippen LogP contribution in [0.25, 0.3) is 0 Å². The maximum atomic E-state index is 12.7. The fraction of sp³-hybridized carbons (Fsp3) is 0.364. The Bertz CT molecular complexity index is 406. The Labute approximate surface area is 103 Å². The zero-order valence-corrected chi connectivity index (χ0v) is 9.94. The van der Waals surface area contributed by atoms with Gasteiger partial charge in [0.25, 0.3) is 0 Å². The van der Waals surface area contributed by atoms with Crippen LogP contribution in [0.2, 0.25) is 0 Å². The van der Waals surface area contributed by atoms with E-state index in [1.807, 2.05) is 0 Å². The van der Waals surface area contributed by atoms with Crippen LogP contribution in [0.4, 0.5) is 13.2 Å². The maximum absolute atomic E-state index is 12.7. The van der Waals surface area contributed by atoms with Crippen LogP contribution in [-0.4, -0.2) is 11.1 Å². The first-order valence-corrected chi connectivity index (χ1v) is 5.39. The van der Waals surface area contributed by atoms with Gasteiger partial charge in [-0.05, 0) is 18.6 Å². The number of ether oxygens (including phenoxy) is 1. The first-order valence-electron chi connectivity index (χ1n) is 4.98. The van der Waals surface area contributed by atoms with Crippen LogP contribution in [0.15, 0.2) is 24.3 Å². The highest BCUT2D eigenvalue weighted by Crippen LogP contribution is 2.36. The predicted molar refractivity (Wildman–Crippen MR) is 62.9 cm³/mol. The van der Waals surface area contributed by atoms with Crippen molar-refractivity contribution in [3.63, 3.8) is 0 Å². The summed E-state index contributed by atoms with van der Waals surface area (Å²) in [7, 11) is 0. The molecule has 0 radical (unpaired) electrons. The van der Waals surface area contributed by atoms with E-state index in [1.165, 1.54) is 18.2 Å². The number of halogens is 3. The number of para-hydroxylation sites is 1. The second-order valence-electron chi connectivity index (χ2n) is 3.41. The van der Waals surface area contributed by atoms with Crippen molar-refractivity contribution >= 4 is 17.2 Å². The van der Waals surface area contributed by atoms with Crippen molar-refractivity contribution in [3.8, 4) is 5.75 Å². The molecule has 17 heavy (non-hydrogen) atoms. The molecule has 1 unspecified atom stereocenters. The van der Waals surface area contributed by atoms with Gasteiger partial charge in [-0.3, -0.25) is 0 Å². The van der Waals surface area contributed by atoms with Crippen molar-refractivity contribution in [2.75, 3.05) is 0 Å². The number of thiocarbonyl (C=S) groups is 1. The van der Waals surface area contributed by atoms with Crippen LogP contribution in [0.3, 0.4) is 0 Å². The predicted octanol–water partition coefficient (Wildman–Crippen LogP) is 3.15. The Morgan fingerprint density at radius 1 is 1.41 bits per heavy atom. The smallest absolute Gasteiger partial charge is 0.419 e. The molecule has 0 amide bonds. The summed E-state index contributed by atoms with van der Waals surface area (Å²) < 4.78 is 43.2. The second kappa shape index (κ2) is 5.35. The molecule has 0 fully saturated rings. The zero-order chi connectivity index (χ0) is 13.1. The van der Waals surface area contributed by atoms with Crippen LogP contribution in [0.5, 0.6) is 5.75 Å². The van der Waals surface area contributed by atoms with Crippen LogP contribution < -0.4 is 10.5 Å². The number of nitrogens with two attached hydrogens (primary N) is 1. The SMILES string of the molecule is CCC(Oc1ccccc1C(F)(F)F)C(N)=S. The third kappa shape index (κ3) is 3.59. The zero-order valence-electron chi connectivity index (χ0n) is 9.12. The summed E-state index contributed by atoms with van der Waals surface area (Å²) in [6.45, 7) is 1.74. The Morgan fingerprint density at radius 2 is 2.00 bits per heavy atom. The number of benzene rings is 1. The van der Waals surface area contributed by atoms with Crippen molar-refractivity contribution < 1.29 is 17.9 Å². The standard InChI is InChI=1S/C11H12F3NOS/c1-2-8(10(15)17)16-9-6-4-3-5-7(9)11(12,13)14/h3-6,8H,2H2,1H3,(H2,15,17). The molecule has 0 saturated heterocycles. The molecule has 0 bridgehead atoms. The molecule has 0 aromatic heterocycles. The maximum Gasteiger partial charge on any atom is 0.419 e. The minimum absolute atomic E-state index is 0.0458. The lowest BCUT2D eigenvalue weighted by Gasteiger charge is -2.19. The quantitative estimate of drug-likeness (QED) is 0.847. The van der Waals surface area contributed by atoms with Crippen LogP contribution in [0.1, 0.15) is 18.9 Å². The number of hydrogen-bond donors (Lipinski definition) is 1.